The Morgan fingerprint density at radius 3 is 2.71 bits per heavy atom. The molecule has 6 nitrogen and oxygen atoms in total. The highest BCUT2D eigenvalue weighted by Crippen LogP contribution is 2.36. The van der Waals surface area contributed by atoms with E-state index in [9.17, 15) is 9.59 Å². The van der Waals surface area contributed by atoms with E-state index in [1.165, 1.54) is 4.90 Å². The van der Waals surface area contributed by atoms with E-state index in [2.05, 4.69) is 25.2 Å². The monoisotopic (exact) mass is 440 g/mol. The second kappa shape index (κ2) is 9.22. The number of carbonyl (C=O) groups is 2. The summed E-state index contributed by atoms with van der Waals surface area (Å²) in [6.07, 6.45) is 1.30. The Kier molecular flexibility index (Phi) is 6.41. The van der Waals surface area contributed by atoms with Gasteiger partial charge in [-0.15, -0.1) is 11.8 Å². The number of hydrogen-bond donors (Lipinski definition) is 1. The number of benzene rings is 2. The van der Waals surface area contributed by atoms with E-state index in [4.69, 9.17) is 9.47 Å². The SMILES string of the molecule is CCC(C)Sc1ccc(NC(=O)C2CC(=O)N(c3ccc4c(c3)OCCO4)C2)c(C)c1. The van der Waals surface area contributed by atoms with Crippen LogP contribution < -0.4 is 19.7 Å². The lowest BCUT2D eigenvalue weighted by atomic mass is 10.1. The summed E-state index contributed by atoms with van der Waals surface area (Å²) >= 11 is 1.84. The van der Waals surface area contributed by atoms with Gasteiger partial charge in [0, 0.05) is 40.6 Å². The van der Waals surface area contributed by atoms with Gasteiger partial charge in [0.1, 0.15) is 13.2 Å². The van der Waals surface area contributed by atoms with E-state index >= 15 is 0 Å². The fourth-order valence-corrected chi connectivity index (χ4v) is 4.76. The van der Waals surface area contributed by atoms with Gasteiger partial charge in [-0.1, -0.05) is 13.8 Å². The fourth-order valence-electron chi connectivity index (χ4n) is 3.73. The molecule has 7 heteroatoms. The maximum absolute atomic E-state index is 12.9. The van der Waals surface area contributed by atoms with Crippen molar-refractivity contribution in [2.24, 2.45) is 5.92 Å². The van der Waals surface area contributed by atoms with Crippen LogP contribution in [0.15, 0.2) is 41.3 Å². The number of nitrogens with zero attached hydrogens (tertiary/aromatic N) is 1. The molecule has 2 aliphatic heterocycles. The Labute approximate surface area is 187 Å². The van der Waals surface area contributed by atoms with Gasteiger partial charge in [0.25, 0.3) is 0 Å². The molecule has 0 radical (unpaired) electrons. The Balaban J connectivity index is 1.42. The minimum Gasteiger partial charge on any atom is -0.486 e. The highest BCUT2D eigenvalue weighted by Gasteiger charge is 2.35. The summed E-state index contributed by atoms with van der Waals surface area (Å²) in [5.74, 6) is 0.735. The molecule has 1 N–H and O–H groups in total. The summed E-state index contributed by atoms with van der Waals surface area (Å²) in [6.45, 7) is 7.75. The van der Waals surface area contributed by atoms with E-state index in [1.54, 1.807) is 4.90 Å². The molecular weight excluding hydrogens is 412 g/mol. The van der Waals surface area contributed by atoms with Gasteiger partial charge in [0.15, 0.2) is 11.5 Å². The minimum absolute atomic E-state index is 0.0612. The zero-order valence-corrected chi connectivity index (χ0v) is 19.0. The van der Waals surface area contributed by atoms with E-state index in [1.807, 2.05) is 49.0 Å². The molecule has 2 aromatic rings. The zero-order valence-electron chi connectivity index (χ0n) is 18.1. The van der Waals surface area contributed by atoms with Crippen molar-refractivity contribution < 1.29 is 19.1 Å². The standard InChI is InChI=1S/C24H28N2O4S/c1-4-16(3)31-19-6-7-20(15(2)11-19)25-24(28)17-12-23(27)26(14-17)18-5-8-21-22(13-18)30-10-9-29-21/h5-8,11,13,16-17H,4,9-10,12,14H2,1-3H3,(H,25,28). The highest BCUT2D eigenvalue weighted by molar-refractivity contribution is 7.99. The van der Waals surface area contributed by atoms with Gasteiger partial charge in [-0.3, -0.25) is 9.59 Å². The maximum atomic E-state index is 12.9. The third-order valence-electron chi connectivity index (χ3n) is 5.70. The van der Waals surface area contributed by atoms with Crippen molar-refractivity contribution in [1.29, 1.82) is 0 Å². The summed E-state index contributed by atoms with van der Waals surface area (Å²) in [5.41, 5.74) is 2.55. The third kappa shape index (κ3) is 4.82. The lowest BCUT2D eigenvalue weighted by Crippen LogP contribution is -2.28. The van der Waals surface area contributed by atoms with Crippen LogP contribution in [0, 0.1) is 12.8 Å². The zero-order chi connectivity index (χ0) is 22.0. The van der Waals surface area contributed by atoms with Crippen LogP contribution in [-0.4, -0.2) is 36.8 Å². The largest absolute Gasteiger partial charge is 0.486 e. The van der Waals surface area contributed by atoms with Crippen molar-refractivity contribution in [2.45, 2.75) is 43.8 Å². The van der Waals surface area contributed by atoms with Crippen LogP contribution in [0.25, 0.3) is 0 Å². The smallest absolute Gasteiger partial charge is 0.229 e. The van der Waals surface area contributed by atoms with Gasteiger partial charge in [-0.25, -0.2) is 0 Å². The van der Waals surface area contributed by atoms with Crippen molar-refractivity contribution in [3.05, 3.63) is 42.0 Å². The molecule has 2 aromatic carbocycles. The number of thioether (sulfide) groups is 1. The Bertz CT molecular complexity index is 994. The second-order valence-electron chi connectivity index (χ2n) is 8.04. The Hall–Kier alpha value is -2.67. The lowest BCUT2D eigenvalue weighted by Gasteiger charge is -2.22. The summed E-state index contributed by atoms with van der Waals surface area (Å²) in [6, 6.07) is 11.6. The van der Waals surface area contributed by atoms with Crippen molar-refractivity contribution in [3.8, 4) is 11.5 Å². The fraction of sp³-hybridized carbons (Fsp3) is 0.417. The van der Waals surface area contributed by atoms with Gasteiger partial charge >= 0.3 is 0 Å². The van der Waals surface area contributed by atoms with E-state index in [0.29, 0.717) is 36.5 Å². The molecule has 0 aromatic heterocycles. The van der Waals surface area contributed by atoms with Crippen molar-refractivity contribution in [2.75, 3.05) is 30.0 Å². The van der Waals surface area contributed by atoms with Gasteiger partial charge < -0.3 is 19.7 Å². The number of amides is 2. The molecule has 164 valence electrons. The number of carbonyl (C=O) groups excluding carboxylic acids is 2. The molecule has 31 heavy (non-hydrogen) atoms. The second-order valence-corrected chi connectivity index (χ2v) is 9.55. The molecule has 0 saturated carbocycles. The van der Waals surface area contributed by atoms with Crippen LogP contribution in [-0.2, 0) is 9.59 Å². The predicted molar refractivity (Wildman–Crippen MR) is 123 cm³/mol. The first kappa shape index (κ1) is 21.6. The Morgan fingerprint density at radius 2 is 1.97 bits per heavy atom. The molecule has 4 rings (SSSR count). The van der Waals surface area contributed by atoms with Crippen LogP contribution in [0.2, 0.25) is 0 Å². The molecule has 2 atom stereocenters. The van der Waals surface area contributed by atoms with E-state index in [-0.39, 0.29) is 18.2 Å². The summed E-state index contributed by atoms with van der Waals surface area (Å²) in [7, 11) is 0. The third-order valence-corrected chi connectivity index (χ3v) is 6.96. The molecule has 2 unspecified atom stereocenters. The molecule has 2 heterocycles. The number of anilines is 2. The topological polar surface area (TPSA) is 67.9 Å². The van der Waals surface area contributed by atoms with Crippen molar-refractivity contribution in [3.63, 3.8) is 0 Å². The van der Waals surface area contributed by atoms with Crippen LogP contribution in [0.3, 0.4) is 0 Å². The summed E-state index contributed by atoms with van der Waals surface area (Å²) in [4.78, 5) is 28.4. The average Bonchev–Trinajstić information content (AvgIpc) is 3.17. The number of hydrogen-bond acceptors (Lipinski definition) is 5. The first-order valence-electron chi connectivity index (χ1n) is 10.7. The van der Waals surface area contributed by atoms with Crippen LogP contribution in [0.4, 0.5) is 11.4 Å². The number of aryl methyl sites for hydroxylation is 1. The molecule has 2 aliphatic rings. The van der Waals surface area contributed by atoms with E-state index < -0.39 is 5.92 Å². The first-order chi connectivity index (χ1) is 14.9. The summed E-state index contributed by atoms with van der Waals surface area (Å²) < 4.78 is 11.2. The first-order valence-corrected chi connectivity index (χ1v) is 11.6. The molecule has 0 spiro atoms. The van der Waals surface area contributed by atoms with Gasteiger partial charge in [0.05, 0.1) is 5.92 Å². The number of fused-ring (bicyclic) bond motifs is 1. The summed E-state index contributed by atoms with van der Waals surface area (Å²) in [5, 5.41) is 3.57. The van der Waals surface area contributed by atoms with Gasteiger partial charge in [-0.05, 0) is 49.2 Å². The minimum atomic E-state index is -0.394. The molecular formula is C24H28N2O4S. The molecule has 1 fully saturated rings. The van der Waals surface area contributed by atoms with Crippen molar-refractivity contribution in [1.82, 2.24) is 0 Å². The predicted octanol–water partition coefficient (Wildman–Crippen LogP) is 4.65. The molecule has 0 bridgehead atoms. The van der Waals surface area contributed by atoms with Crippen LogP contribution in [0.1, 0.15) is 32.3 Å². The molecule has 1 saturated heterocycles. The number of nitrogens with one attached hydrogen (secondary N) is 1. The highest BCUT2D eigenvalue weighted by atomic mass is 32.2. The normalized spacial score (nSPS) is 18.7. The van der Waals surface area contributed by atoms with E-state index in [0.717, 1.165) is 23.4 Å². The molecule has 0 aliphatic carbocycles. The quantitative estimate of drug-likeness (QED) is 0.663. The molecule has 2 amide bonds. The number of ether oxygens (including phenoxy) is 2. The van der Waals surface area contributed by atoms with Crippen LogP contribution >= 0.6 is 11.8 Å². The van der Waals surface area contributed by atoms with Crippen molar-refractivity contribution >= 4 is 35.0 Å². The number of rotatable bonds is 6. The Morgan fingerprint density at radius 1 is 1.19 bits per heavy atom. The van der Waals surface area contributed by atoms with Gasteiger partial charge in [0.2, 0.25) is 11.8 Å². The maximum Gasteiger partial charge on any atom is 0.229 e. The lowest BCUT2D eigenvalue weighted by molar-refractivity contribution is -0.122. The van der Waals surface area contributed by atoms with Gasteiger partial charge in [-0.2, -0.15) is 0 Å². The van der Waals surface area contributed by atoms with Crippen LogP contribution in [0.5, 0.6) is 11.5 Å². The average molecular weight is 441 g/mol.